The van der Waals surface area contributed by atoms with E-state index in [2.05, 4.69) is 47.5 Å². The van der Waals surface area contributed by atoms with E-state index < -0.39 is 10.0 Å². The number of primary sulfonamides is 1. The third-order valence-corrected chi connectivity index (χ3v) is 7.67. The molecule has 0 saturated heterocycles. The number of aryl methyl sites for hydroxylation is 1. The fourth-order valence-corrected chi connectivity index (χ4v) is 5.79. The number of sulfonamides is 1. The van der Waals surface area contributed by atoms with Gasteiger partial charge in [0, 0.05) is 24.5 Å². The molecule has 0 unspecified atom stereocenters. The fourth-order valence-electron chi connectivity index (χ4n) is 4.02. The van der Waals surface area contributed by atoms with Crippen LogP contribution in [0.25, 0.3) is 0 Å². The second kappa shape index (κ2) is 9.45. The molecule has 1 aliphatic rings. The summed E-state index contributed by atoms with van der Waals surface area (Å²) < 4.78 is 22.8. The largest absolute Gasteiger partial charge is 0.316 e. The summed E-state index contributed by atoms with van der Waals surface area (Å²) in [6.45, 7) is 4.53. The number of thiophene rings is 1. The molecule has 3 N–H and O–H groups in total. The molecule has 2 heterocycles. The second-order valence-corrected chi connectivity index (χ2v) is 10.8. The lowest BCUT2D eigenvalue weighted by molar-refractivity contribution is -0.115. The van der Waals surface area contributed by atoms with Crippen LogP contribution in [0.2, 0.25) is 0 Å². The molecule has 1 amide bonds. The van der Waals surface area contributed by atoms with Crippen LogP contribution < -0.4 is 10.5 Å². The molecule has 4 rings (SSSR count). The molecule has 1 aliphatic heterocycles. The number of benzene rings is 2. The first-order valence-corrected chi connectivity index (χ1v) is 12.8. The molecule has 0 atom stereocenters. The highest BCUT2D eigenvalue weighted by atomic mass is 32.2. The van der Waals surface area contributed by atoms with Gasteiger partial charge in [0.25, 0.3) is 0 Å². The lowest BCUT2D eigenvalue weighted by Crippen LogP contribution is -2.29. The summed E-state index contributed by atoms with van der Waals surface area (Å²) in [7, 11) is -3.77. The molecule has 0 saturated carbocycles. The third kappa shape index (κ3) is 5.49. The Morgan fingerprint density at radius 1 is 1.21 bits per heavy atom. The van der Waals surface area contributed by atoms with Gasteiger partial charge >= 0.3 is 0 Å². The van der Waals surface area contributed by atoms with Crippen molar-refractivity contribution in [2.75, 3.05) is 11.9 Å². The van der Waals surface area contributed by atoms with Gasteiger partial charge in [-0.1, -0.05) is 42.0 Å². The van der Waals surface area contributed by atoms with E-state index in [1.165, 1.54) is 34.6 Å². The second-order valence-electron chi connectivity index (χ2n) is 8.18. The molecule has 0 fully saturated rings. The molecule has 7 nitrogen and oxygen atoms in total. The normalized spacial score (nSPS) is 13.8. The third-order valence-electron chi connectivity index (χ3n) is 5.61. The standard InChI is InChI=1S/C24H24N4O3S2/c1-16-3-2-4-18(11-16)14-28-10-9-20-21(13-25)24(32-22(20)15-28)27-23(29)12-17-5-7-19(8-6-17)33(26,30)31/h2-8,11H,9-10,12,14-15H2,1H3,(H,27,29)(H2,26,30,31). The van der Waals surface area contributed by atoms with Crippen LogP contribution >= 0.6 is 11.3 Å². The number of anilines is 1. The van der Waals surface area contributed by atoms with Crippen molar-refractivity contribution in [1.82, 2.24) is 4.90 Å². The van der Waals surface area contributed by atoms with Crippen LogP contribution in [0.5, 0.6) is 0 Å². The number of rotatable bonds is 6. The molecule has 0 spiro atoms. The first-order valence-electron chi connectivity index (χ1n) is 10.5. The van der Waals surface area contributed by atoms with E-state index in [0.717, 1.165) is 36.5 Å². The van der Waals surface area contributed by atoms with Gasteiger partial charge in [-0.15, -0.1) is 11.3 Å². The van der Waals surface area contributed by atoms with Crippen molar-refractivity contribution in [2.24, 2.45) is 5.14 Å². The molecule has 2 aromatic carbocycles. The zero-order valence-corrected chi connectivity index (χ0v) is 19.8. The molecule has 9 heteroatoms. The van der Waals surface area contributed by atoms with Crippen LogP contribution in [0.1, 0.15) is 32.7 Å². The van der Waals surface area contributed by atoms with E-state index in [0.29, 0.717) is 16.1 Å². The number of nitriles is 1. The summed E-state index contributed by atoms with van der Waals surface area (Å²) in [5.41, 5.74) is 4.72. The van der Waals surface area contributed by atoms with Crippen molar-refractivity contribution in [3.8, 4) is 6.07 Å². The highest BCUT2D eigenvalue weighted by Gasteiger charge is 2.25. The Labute approximate surface area is 197 Å². The van der Waals surface area contributed by atoms with Crippen LogP contribution in [0.15, 0.2) is 53.4 Å². The van der Waals surface area contributed by atoms with E-state index in [9.17, 15) is 18.5 Å². The highest BCUT2D eigenvalue weighted by Crippen LogP contribution is 2.37. The van der Waals surface area contributed by atoms with Gasteiger partial charge in [0.2, 0.25) is 15.9 Å². The van der Waals surface area contributed by atoms with Crippen LogP contribution in [0, 0.1) is 18.3 Å². The number of carbonyl (C=O) groups excluding carboxylic acids is 1. The smallest absolute Gasteiger partial charge is 0.238 e. The van der Waals surface area contributed by atoms with E-state index in [4.69, 9.17) is 5.14 Å². The van der Waals surface area contributed by atoms with Crippen LogP contribution in [-0.2, 0) is 40.7 Å². The zero-order valence-electron chi connectivity index (χ0n) is 18.2. The maximum Gasteiger partial charge on any atom is 0.238 e. The maximum atomic E-state index is 12.6. The first-order chi connectivity index (χ1) is 15.7. The fraction of sp³-hybridized carbons (Fsp3) is 0.250. The number of nitrogens with one attached hydrogen (secondary N) is 1. The van der Waals surface area contributed by atoms with Crippen molar-refractivity contribution in [3.05, 3.63) is 81.2 Å². The predicted octanol–water partition coefficient (Wildman–Crippen LogP) is 3.32. The van der Waals surface area contributed by atoms with Crippen molar-refractivity contribution < 1.29 is 13.2 Å². The Bertz CT molecular complexity index is 1340. The number of hydrogen-bond acceptors (Lipinski definition) is 6. The number of nitrogens with two attached hydrogens (primary N) is 1. The molecule has 0 aliphatic carbocycles. The minimum absolute atomic E-state index is 0.000394. The number of amides is 1. The van der Waals surface area contributed by atoms with Crippen molar-refractivity contribution >= 4 is 32.3 Å². The highest BCUT2D eigenvalue weighted by molar-refractivity contribution is 7.89. The molecular weight excluding hydrogens is 456 g/mol. The van der Waals surface area contributed by atoms with Crippen molar-refractivity contribution in [1.29, 1.82) is 5.26 Å². The van der Waals surface area contributed by atoms with Crippen LogP contribution in [0.4, 0.5) is 5.00 Å². The lowest BCUT2D eigenvalue weighted by atomic mass is 10.0. The van der Waals surface area contributed by atoms with Gasteiger partial charge in [0.1, 0.15) is 11.1 Å². The van der Waals surface area contributed by atoms with Crippen molar-refractivity contribution in [2.45, 2.75) is 37.8 Å². The number of nitrogens with zero attached hydrogens (tertiary/aromatic N) is 2. The Hall–Kier alpha value is -3.03. The average molecular weight is 481 g/mol. The quantitative estimate of drug-likeness (QED) is 0.561. The van der Waals surface area contributed by atoms with Gasteiger partial charge in [-0.3, -0.25) is 9.69 Å². The van der Waals surface area contributed by atoms with E-state index >= 15 is 0 Å². The minimum Gasteiger partial charge on any atom is -0.316 e. The van der Waals surface area contributed by atoms with E-state index in [1.54, 1.807) is 12.1 Å². The van der Waals surface area contributed by atoms with E-state index in [1.807, 2.05) is 0 Å². The molecule has 170 valence electrons. The molecule has 1 aromatic heterocycles. The number of fused-ring (bicyclic) bond motifs is 1. The summed E-state index contributed by atoms with van der Waals surface area (Å²) in [6.07, 6.45) is 0.837. The molecular formula is C24H24N4O3S2. The Balaban J connectivity index is 1.44. The Kier molecular flexibility index (Phi) is 6.63. The summed E-state index contributed by atoms with van der Waals surface area (Å²) >= 11 is 1.46. The van der Waals surface area contributed by atoms with Crippen LogP contribution in [-0.4, -0.2) is 25.8 Å². The Morgan fingerprint density at radius 2 is 1.97 bits per heavy atom. The zero-order chi connectivity index (χ0) is 23.6. The van der Waals surface area contributed by atoms with Gasteiger partial charge in [-0.05, 0) is 42.2 Å². The monoisotopic (exact) mass is 480 g/mol. The van der Waals surface area contributed by atoms with Gasteiger partial charge < -0.3 is 5.32 Å². The summed E-state index contributed by atoms with van der Waals surface area (Å²) in [5, 5.41) is 18.3. The van der Waals surface area contributed by atoms with E-state index in [-0.39, 0.29) is 17.2 Å². The molecule has 0 radical (unpaired) electrons. The molecule has 3 aromatic rings. The SMILES string of the molecule is Cc1cccc(CN2CCc3c(sc(NC(=O)Cc4ccc(S(N)(=O)=O)cc4)c3C#N)C2)c1. The van der Waals surface area contributed by atoms with Crippen molar-refractivity contribution in [3.63, 3.8) is 0 Å². The Morgan fingerprint density at radius 3 is 2.64 bits per heavy atom. The summed E-state index contributed by atoms with van der Waals surface area (Å²) in [6, 6.07) is 16.6. The number of hydrogen-bond donors (Lipinski definition) is 2. The molecule has 0 bridgehead atoms. The van der Waals surface area contributed by atoms with Crippen LogP contribution in [0.3, 0.4) is 0 Å². The average Bonchev–Trinajstić information content (AvgIpc) is 3.09. The topological polar surface area (TPSA) is 116 Å². The van der Waals surface area contributed by atoms with Gasteiger partial charge in [-0.25, -0.2) is 13.6 Å². The summed E-state index contributed by atoms with van der Waals surface area (Å²) in [5.74, 6) is -0.259. The number of carbonyl (C=O) groups is 1. The first kappa shape index (κ1) is 23.1. The predicted molar refractivity (Wildman–Crippen MR) is 128 cm³/mol. The van der Waals surface area contributed by atoms with Gasteiger partial charge in [0.15, 0.2) is 0 Å². The minimum atomic E-state index is -3.77. The molecule has 33 heavy (non-hydrogen) atoms. The lowest BCUT2D eigenvalue weighted by Gasteiger charge is -2.26. The van der Waals surface area contributed by atoms with Gasteiger partial charge in [0.05, 0.1) is 16.9 Å². The maximum absolute atomic E-state index is 12.6. The van der Waals surface area contributed by atoms with Gasteiger partial charge in [-0.2, -0.15) is 5.26 Å². The summed E-state index contributed by atoms with van der Waals surface area (Å²) in [4.78, 5) is 16.1.